The van der Waals surface area contributed by atoms with Gasteiger partial charge in [-0.25, -0.2) is 0 Å². The average Bonchev–Trinajstić information content (AvgIpc) is 3.27. The molecule has 366 valence electrons. The minimum Gasteiger partial charge on any atom is -0.462 e. The molecular weight excluding hydrogens is 769 g/mol. The van der Waals surface area contributed by atoms with Gasteiger partial charge in [0.2, 0.25) is 0 Å². The third-order valence-corrected chi connectivity index (χ3v) is 12.5. The zero-order valence-corrected chi connectivity index (χ0v) is 41.9. The molecule has 0 radical (unpaired) electrons. The summed E-state index contributed by atoms with van der Waals surface area (Å²) in [6.45, 7) is 6.66. The lowest BCUT2D eigenvalue weighted by Crippen LogP contribution is -2.30. The van der Waals surface area contributed by atoms with Gasteiger partial charge in [-0.05, 0) is 44.9 Å². The third kappa shape index (κ3) is 49.2. The lowest BCUT2D eigenvalue weighted by molar-refractivity contribution is -0.167. The molecule has 0 heterocycles. The minimum absolute atomic E-state index is 0.0662. The van der Waals surface area contributed by atoms with Crippen LogP contribution in [0.4, 0.5) is 0 Å². The summed E-state index contributed by atoms with van der Waals surface area (Å²) in [4.78, 5) is 38.0. The maximum Gasteiger partial charge on any atom is 0.306 e. The molecule has 62 heavy (non-hydrogen) atoms. The first-order valence-corrected chi connectivity index (χ1v) is 27.7. The van der Waals surface area contributed by atoms with Crippen LogP contribution in [-0.4, -0.2) is 37.2 Å². The van der Waals surface area contributed by atoms with Crippen molar-refractivity contribution in [2.45, 2.75) is 316 Å². The van der Waals surface area contributed by atoms with Crippen LogP contribution in [0.2, 0.25) is 0 Å². The molecule has 1 atom stereocenters. The second-order valence-corrected chi connectivity index (χ2v) is 18.9. The maximum atomic E-state index is 12.8. The maximum absolute atomic E-state index is 12.8. The van der Waals surface area contributed by atoms with Crippen molar-refractivity contribution in [3.8, 4) is 0 Å². The Morgan fingerprint density at radius 3 is 0.806 bits per heavy atom. The van der Waals surface area contributed by atoms with E-state index < -0.39 is 6.10 Å². The second kappa shape index (κ2) is 51.8. The molecule has 0 amide bonds. The Morgan fingerprint density at radius 1 is 0.306 bits per heavy atom. The highest BCUT2D eigenvalue weighted by Crippen LogP contribution is 2.17. The van der Waals surface area contributed by atoms with E-state index >= 15 is 0 Å². The molecule has 0 rings (SSSR count). The number of rotatable bonds is 51. The predicted octanol–water partition coefficient (Wildman–Crippen LogP) is 18.2. The summed E-state index contributed by atoms with van der Waals surface area (Å²) in [5, 5.41) is 0. The molecular formula is C56H106O6. The molecule has 0 fully saturated rings. The normalized spacial score (nSPS) is 12.0. The van der Waals surface area contributed by atoms with Crippen LogP contribution in [0.15, 0.2) is 12.2 Å². The summed E-state index contributed by atoms with van der Waals surface area (Å²) in [6, 6.07) is 0. The van der Waals surface area contributed by atoms with Gasteiger partial charge >= 0.3 is 17.9 Å². The van der Waals surface area contributed by atoms with E-state index in [1.807, 2.05) is 0 Å². The number of allylic oxidation sites excluding steroid dienone is 2. The second-order valence-electron chi connectivity index (χ2n) is 18.9. The van der Waals surface area contributed by atoms with Crippen molar-refractivity contribution >= 4 is 17.9 Å². The van der Waals surface area contributed by atoms with E-state index in [0.29, 0.717) is 19.3 Å². The SMILES string of the molecule is CCCCCCCCCC/C=C\CCCCCCCCCC(=O)OC[C@@H](COC(=O)CCCCCCCCCCC)OC(=O)CCCCCCCCCCCCCCCCCC. The number of esters is 3. The molecule has 0 aromatic heterocycles. The van der Waals surface area contributed by atoms with Crippen LogP contribution >= 0.6 is 0 Å². The summed E-state index contributed by atoms with van der Waals surface area (Å²) in [6.07, 6.45) is 57.8. The minimum atomic E-state index is -0.764. The lowest BCUT2D eigenvalue weighted by Gasteiger charge is -2.18. The van der Waals surface area contributed by atoms with Crippen molar-refractivity contribution in [2.24, 2.45) is 0 Å². The van der Waals surface area contributed by atoms with E-state index in [1.165, 1.54) is 212 Å². The molecule has 0 aromatic rings. The van der Waals surface area contributed by atoms with E-state index in [0.717, 1.165) is 57.8 Å². The molecule has 0 aromatic carbocycles. The monoisotopic (exact) mass is 875 g/mol. The fraction of sp³-hybridized carbons (Fsp3) is 0.911. The highest BCUT2D eigenvalue weighted by Gasteiger charge is 2.19. The number of carbonyl (C=O) groups excluding carboxylic acids is 3. The van der Waals surface area contributed by atoms with Gasteiger partial charge in [0, 0.05) is 19.3 Å². The summed E-state index contributed by atoms with van der Waals surface area (Å²) in [5.74, 6) is -0.853. The standard InChI is InChI=1S/C56H106O6/c1-4-7-10-13-16-19-21-23-25-27-28-29-31-32-34-37-40-43-46-49-55(58)61-52-53(51-60-54(57)48-45-42-39-36-18-15-12-9-6-3)62-56(59)50-47-44-41-38-35-33-30-26-24-22-20-17-14-11-8-5-2/h27-28,53H,4-26,29-52H2,1-3H3/b28-27-/t53-/m1/s1. The first-order valence-electron chi connectivity index (χ1n) is 27.7. The Kier molecular flexibility index (Phi) is 50.2. The van der Waals surface area contributed by atoms with Crippen LogP contribution in [-0.2, 0) is 28.6 Å². The molecule has 6 nitrogen and oxygen atoms in total. The predicted molar refractivity (Wildman–Crippen MR) is 266 cm³/mol. The lowest BCUT2D eigenvalue weighted by atomic mass is 10.0. The van der Waals surface area contributed by atoms with Gasteiger partial charge in [0.05, 0.1) is 0 Å². The van der Waals surface area contributed by atoms with Gasteiger partial charge in [-0.2, -0.15) is 0 Å². The Balaban J connectivity index is 4.24. The summed E-state index contributed by atoms with van der Waals surface area (Å²) < 4.78 is 16.8. The van der Waals surface area contributed by atoms with Crippen molar-refractivity contribution in [2.75, 3.05) is 13.2 Å². The van der Waals surface area contributed by atoms with Crippen molar-refractivity contribution in [1.29, 1.82) is 0 Å². The van der Waals surface area contributed by atoms with Gasteiger partial charge in [-0.3, -0.25) is 14.4 Å². The fourth-order valence-electron chi connectivity index (χ4n) is 8.32. The number of unbranched alkanes of at least 4 members (excludes halogenated alkanes) is 38. The zero-order valence-electron chi connectivity index (χ0n) is 41.9. The van der Waals surface area contributed by atoms with Gasteiger partial charge in [-0.15, -0.1) is 0 Å². The van der Waals surface area contributed by atoms with E-state index in [-0.39, 0.29) is 31.1 Å². The number of ether oxygens (including phenoxy) is 3. The summed E-state index contributed by atoms with van der Waals surface area (Å²) in [7, 11) is 0. The quantitative estimate of drug-likeness (QED) is 0.0262. The smallest absolute Gasteiger partial charge is 0.306 e. The summed E-state index contributed by atoms with van der Waals surface area (Å²) >= 11 is 0. The molecule has 0 saturated heterocycles. The molecule has 0 unspecified atom stereocenters. The van der Waals surface area contributed by atoms with Crippen molar-refractivity contribution in [3.05, 3.63) is 12.2 Å². The molecule has 6 heteroatoms. The van der Waals surface area contributed by atoms with Gasteiger partial charge in [0.1, 0.15) is 13.2 Å². The van der Waals surface area contributed by atoms with Crippen LogP contribution in [0.1, 0.15) is 310 Å². The third-order valence-electron chi connectivity index (χ3n) is 12.5. The molecule has 0 saturated carbocycles. The van der Waals surface area contributed by atoms with Crippen molar-refractivity contribution in [3.63, 3.8) is 0 Å². The van der Waals surface area contributed by atoms with Gasteiger partial charge in [0.25, 0.3) is 0 Å². The van der Waals surface area contributed by atoms with E-state index in [1.54, 1.807) is 0 Å². The van der Waals surface area contributed by atoms with E-state index in [4.69, 9.17) is 14.2 Å². The fourth-order valence-corrected chi connectivity index (χ4v) is 8.32. The van der Waals surface area contributed by atoms with Crippen LogP contribution in [0.5, 0.6) is 0 Å². The van der Waals surface area contributed by atoms with Gasteiger partial charge < -0.3 is 14.2 Å². The molecule has 0 aliphatic heterocycles. The highest BCUT2D eigenvalue weighted by molar-refractivity contribution is 5.71. The van der Waals surface area contributed by atoms with Crippen LogP contribution < -0.4 is 0 Å². The Bertz CT molecular complexity index is 962. The molecule has 0 aliphatic carbocycles. The Hall–Kier alpha value is -1.85. The van der Waals surface area contributed by atoms with Crippen LogP contribution in [0.3, 0.4) is 0 Å². The summed E-state index contributed by atoms with van der Waals surface area (Å²) in [5.41, 5.74) is 0. The van der Waals surface area contributed by atoms with E-state index in [2.05, 4.69) is 32.9 Å². The van der Waals surface area contributed by atoms with Gasteiger partial charge in [-0.1, -0.05) is 258 Å². The number of hydrogen-bond donors (Lipinski definition) is 0. The van der Waals surface area contributed by atoms with Crippen molar-refractivity contribution < 1.29 is 28.6 Å². The first kappa shape index (κ1) is 60.2. The highest BCUT2D eigenvalue weighted by atomic mass is 16.6. The zero-order chi connectivity index (χ0) is 45.1. The van der Waals surface area contributed by atoms with Gasteiger partial charge in [0.15, 0.2) is 6.10 Å². The van der Waals surface area contributed by atoms with Crippen molar-refractivity contribution in [1.82, 2.24) is 0 Å². The van der Waals surface area contributed by atoms with Crippen LogP contribution in [0.25, 0.3) is 0 Å². The Morgan fingerprint density at radius 2 is 0.532 bits per heavy atom. The number of carbonyl (C=O) groups is 3. The average molecular weight is 875 g/mol. The first-order chi connectivity index (χ1) is 30.5. The Labute approximate surface area is 386 Å². The van der Waals surface area contributed by atoms with Crippen LogP contribution in [0, 0.1) is 0 Å². The largest absolute Gasteiger partial charge is 0.462 e. The molecule has 0 spiro atoms. The molecule has 0 N–H and O–H groups in total. The molecule has 0 bridgehead atoms. The topological polar surface area (TPSA) is 78.9 Å². The van der Waals surface area contributed by atoms with E-state index in [9.17, 15) is 14.4 Å². The number of hydrogen-bond acceptors (Lipinski definition) is 6. The molecule has 0 aliphatic rings.